The molecular weight excluding hydrogens is 867 g/mol. The molecule has 0 fully saturated rings. The zero-order valence-electron chi connectivity index (χ0n) is 19.7. The van der Waals surface area contributed by atoms with Crippen LogP contribution in [0.3, 0.4) is 0 Å². The molecule has 0 aliphatic carbocycles. The first-order valence-electron chi connectivity index (χ1n) is 7.46. The molecule has 0 bridgehead atoms. The number of hydrogen-bond acceptors (Lipinski definition) is 9. The van der Waals surface area contributed by atoms with E-state index in [2.05, 4.69) is 51.2 Å². The van der Waals surface area contributed by atoms with Crippen LogP contribution in [0.2, 0.25) is 0 Å². The monoisotopic (exact) mass is 896 g/mol. The summed E-state index contributed by atoms with van der Waals surface area (Å²) in [6.07, 6.45) is -2.96. The number of thiocarbonyl (C=S) groups is 1. The van der Waals surface area contributed by atoms with E-state index in [1.54, 1.807) is 121 Å². The third-order valence-electron chi connectivity index (χ3n) is 1.29. The van der Waals surface area contributed by atoms with Crippen molar-refractivity contribution >= 4 is 190 Å². The van der Waals surface area contributed by atoms with E-state index in [1.165, 1.54) is 31.8 Å². The summed E-state index contributed by atoms with van der Waals surface area (Å²) in [4.78, 5) is 9.59. The molecular formula is C12H30BF3NO4S18. The molecule has 27 heteroatoms. The molecule has 0 saturated carbocycles. The number of nitrogens with zero attached hydrogens (tertiary/aromatic N) is 1. The molecule has 0 aromatic rings. The fraction of sp³-hybridized carbons (Fsp3) is 0.833. The first-order chi connectivity index (χ1) is 17.4. The van der Waals surface area contributed by atoms with Gasteiger partial charge in [-0.1, -0.05) is 14.9 Å². The van der Waals surface area contributed by atoms with Crippen LogP contribution in [-0.4, -0.2) is 53.3 Å². The Balaban J connectivity index is -0.0000000579. The quantitative estimate of drug-likeness (QED) is 0.182. The summed E-state index contributed by atoms with van der Waals surface area (Å²) in [5.74, 6) is -0.245. The molecule has 0 aromatic carbocycles. The number of carbonyl (C=O) groups excluding carboxylic acids is 1. The molecule has 239 valence electrons. The Bertz CT molecular complexity index is 1110. The molecule has 0 unspecified atom stereocenters. The number of alkyl halides is 3. The molecule has 1 radical (unpaired) electrons. The molecule has 0 aromatic heterocycles. The summed E-state index contributed by atoms with van der Waals surface area (Å²) in [5.41, 5.74) is 0. The SMILES string of the molecule is C.C.CF.COC(C)(F)F.COC(C)=O.COC(C)=S.S=S=S=S=S=S=S=S=S=S=S=S=S=S=S=S.[B]=NS. The van der Waals surface area contributed by atoms with E-state index in [4.69, 9.17) is 22.4 Å². The van der Waals surface area contributed by atoms with Crippen molar-refractivity contribution in [3.63, 3.8) is 0 Å². The van der Waals surface area contributed by atoms with Gasteiger partial charge in [0.1, 0.15) is 0 Å². The molecule has 0 atom stereocenters. The predicted octanol–water partition coefficient (Wildman–Crippen LogP) is 4.41. The summed E-state index contributed by atoms with van der Waals surface area (Å²) >= 11 is 17.1. The standard InChI is InChI=1S/C3H6F2O.C3H6O2.C3H6OS.CH3F.2CH4.BHNS.S16/c1-3(4,5)6-2;1-3(4)5-2;1-3(5)4-2;1-2;;;1-2-3;1-3-5-7-9-11-13-15-16-14-12-10-8-6-4-2/h1-2H3;2*1-2H3;1H3;2*1H4;3H;. The van der Waals surface area contributed by atoms with Crippen molar-refractivity contribution in [1.29, 1.82) is 0 Å². The van der Waals surface area contributed by atoms with E-state index >= 15 is 0 Å². The van der Waals surface area contributed by atoms with Crippen molar-refractivity contribution in [2.24, 2.45) is 4.30 Å². The van der Waals surface area contributed by atoms with Gasteiger partial charge in [0.25, 0.3) is 0 Å². The van der Waals surface area contributed by atoms with Gasteiger partial charge < -0.3 is 14.2 Å². The number of rotatable bonds is 1. The summed E-state index contributed by atoms with van der Waals surface area (Å²) < 4.78 is 46.8. The number of esters is 1. The van der Waals surface area contributed by atoms with Gasteiger partial charge in [-0.3, -0.25) is 9.18 Å². The Labute approximate surface area is 292 Å². The van der Waals surface area contributed by atoms with Crippen LogP contribution in [0.4, 0.5) is 13.2 Å². The summed E-state index contributed by atoms with van der Waals surface area (Å²) in [7, 11) is 32.2. The van der Waals surface area contributed by atoms with Crippen LogP contribution >= 0.6 is 25.0 Å². The van der Waals surface area contributed by atoms with E-state index < -0.39 is 6.11 Å². The van der Waals surface area contributed by atoms with E-state index in [-0.39, 0.29) is 20.8 Å². The maximum atomic E-state index is 11.2. The molecule has 0 N–H and O–H groups in total. The average Bonchev–Trinajstić information content (AvgIpc) is 2.87. The Morgan fingerprint density at radius 1 is 0.769 bits per heavy atom. The molecule has 0 heterocycles. The zero-order chi connectivity index (χ0) is 30.4. The molecule has 39 heavy (non-hydrogen) atoms. The predicted molar refractivity (Wildman–Crippen MR) is 216 cm³/mol. The number of ether oxygens (including phenoxy) is 3. The van der Waals surface area contributed by atoms with Crippen molar-refractivity contribution in [2.45, 2.75) is 41.7 Å². The van der Waals surface area contributed by atoms with E-state index in [0.29, 0.717) is 19.2 Å². The number of carbonyl (C=O) groups is 1. The Morgan fingerprint density at radius 2 is 0.923 bits per heavy atom. The van der Waals surface area contributed by atoms with Gasteiger partial charge in [0.15, 0.2) is 5.05 Å². The van der Waals surface area contributed by atoms with Gasteiger partial charge in [0.05, 0.1) is 21.4 Å². The van der Waals surface area contributed by atoms with Crippen LogP contribution in [0.5, 0.6) is 0 Å². The van der Waals surface area contributed by atoms with Crippen molar-refractivity contribution in [1.82, 2.24) is 0 Å². The number of halogens is 3. The Morgan fingerprint density at radius 3 is 1.00 bits per heavy atom. The van der Waals surface area contributed by atoms with Gasteiger partial charge >= 0.3 is 36.8 Å². The fourth-order valence-electron chi connectivity index (χ4n) is 0.136. The number of methoxy groups -OCH3 is 3. The fourth-order valence-corrected chi connectivity index (χ4v) is 33.1. The summed E-state index contributed by atoms with van der Waals surface area (Å²) in [6, 6.07) is 0. The van der Waals surface area contributed by atoms with Crippen LogP contribution in [0.15, 0.2) is 4.30 Å². The van der Waals surface area contributed by atoms with E-state index in [1.807, 2.05) is 0 Å². The first kappa shape index (κ1) is 60.9. The Kier molecular flexibility index (Phi) is 93.9. The molecule has 0 aliphatic heterocycles. The van der Waals surface area contributed by atoms with Gasteiger partial charge in [0, 0.05) is 175 Å². The second-order valence-corrected chi connectivity index (χ2v) is 29.0. The first-order valence-corrected chi connectivity index (χ1v) is 28.3. The minimum absolute atomic E-state index is 0. The van der Waals surface area contributed by atoms with Crippen LogP contribution in [0.25, 0.3) is 0 Å². The van der Waals surface area contributed by atoms with Gasteiger partial charge in [-0.15, -0.1) is 0 Å². The van der Waals surface area contributed by atoms with Crippen LogP contribution < -0.4 is 0 Å². The molecule has 0 spiro atoms. The van der Waals surface area contributed by atoms with E-state index in [9.17, 15) is 18.0 Å². The summed E-state index contributed by atoms with van der Waals surface area (Å²) in [5, 5.41) is 0.588. The van der Waals surface area contributed by atoms with Crippen LogP contribution in [-0.2, 0) is 166 Å². The van der Waals surface area contributed by atoms with Gasteiger partial charge in [0.2, 0.25) is 0 Å². The van der Waals surface area contributed by atoms with Crippen molar-refractivity contribution in [3.05, 3.63) is 0 Å². The maximum absolute atomic E-state index is 11.2. The third kappa shape index (κ3) is 118. The molecule has 0 amide bonds. The third-order valence-corrected chi connectivity index (χ3v) is 30.4. The number of thiol groups is 1. The van der Waals surface area contributed by atoms with Gasteiger partial charge in [-0.25, -0.2) is 0 Å². The molecule has 0 rings (SSSR count). The molecule has 0 saturated heterocycles. The second kappa shape index (κ2) is 60.1. The molecule has 5 nitrogen and oxygen atoms in total. The minimum atomic E-state index is -2.96. The topological polar surface area (TPSA) is 57.1 Å². The normalized spacial score (nSPS) is 7.03. The van der Waals surface area contributed by atoms with Gasteiger partial charge in [-0.05, 0) is 12.2 Å². The van der Waals surface area contributed by atoms with E-state index in [0.717, 1.165) is 7.11 Å². The van der Waals surface area contributed by atoms with Crippen molar-refractivity contribution in [2.75, 3.05) is 28.5 Å². The van der Waals surface area contributed by atoms with Crippen LogP contribution in [0, 0.1) is 0 Å². The number of hydrogen-bond donors (Lipinski definition) is 1. The van der Waals surface area contributed by atoms with Crippen molar-refractivity contribution < 1.29 is 32.2 Å². The molecule has 0 aliphatic rings. The van der Waals surface area contributed by atoms with Crippen LogP contribution in [0.1, 0.15) is 35.6 Å². The zero-order valence-corrected chi connectivity index (χ0v) is 34.5. The average molecular weight is 897 g/mol. The Hall–Kier alpha value is 2.84. The second-order valence-electron chi connectivity index (χ2n) is 3.47. The van der Waals surface area contributed by atoms with Gasteiger partial charge in [-0.2, -0.15) is 8.78 Å². The van der Waals surface area contributed by atoms with Crippen molar-refractivity contribution in [3.8, 4) is 0 Å². The summed E-state index contributed by atoms with van der Waals surface area (Å²) in [6.45, 7) is 3.78.